The van der Waals surface area contributed by atoms with Gasteiger partial charge in [-0.05, 0) is 18.2 Å². The maximum Gasteiger partial charge on any atom is 0.324 e. The fraction of sp³-hybridized carbons (Fsp3) is 0.300. The molecule has 0 spiro atoms. The van der Waals surface area contributed by atoms with Crippen molar-refractivity contribution in [3.63, 3.8) is 0 Å². The minimum Gasteiger partial charge on any atom is -0.326 e. The molecule has 0 atom stereocenters. The average Bonchev–Trinajstić information content (AvgIpc) is 2.46. The summed E-state index contributed by atoms with van der Waals surface area (Å²) in [5.41, 5.74) is 0.752. The molecule has 5 heteroatoms. The molecule has 1 aliphatic heterocycles. The van der Waals surface area contributed by atoms with Crippen molar-refractivity contribution in [2.45, 2.75) is 0 Å². The number of hydrogen-bond donors (Lipinski definition) is 0. The third-order valence-corrected chi connectivity index (χ3v) is 2.81. The summed E-state index contributed by atoms with van der Waals surface area (Å²) >= 11 is 11.8. The van der Waals surface area contributed by atoms with Crippen molar-refractivity contribution in [3.05, 3.63) is 28.2 Å². The number of rotatable bonds is 1. The third kappa shape index (κ3) is 2.03. The predicted molar refractivity (Wildman–Crippen MR) is 61.8 cm³/mol. The Bertz CT molecular complexity index is 388. The first-order valence-corrected chi connectivity index (χ1v) is 5.32. The molecule has 0 bridgehead atoms. The topological polar surface area (TPSA) is 23.6 Å². The molecule has 0 unspecified atom stereocenters. The number of anilines is 1. The van der Waals surface area contributed by atoms with Crippen molar-refractivity contribution in [3.8, 4) is 0 Å². The first-order chi connectivity index (χ1) is 7.08. The molecule has 0 saturated carbocycles. The Labute approximate surface area is 98.2 Å². The van der Waals surface area contributed by atoms with Gasteiger partial charge < -0.3 is 4.90 Å². The SMILES string of the molecule is CN1CCN(c2cc(Cl)cc(Cl)c2)C1=O. The molecule has 80 valence electrons. The summed E-state index contributed by atoms with van der Waals surface area (Å²) < 4.78 is 0. The molecule has 1 aliphatic rings. The number of halogens is 2. The first-order valence-electron chi connectivity index (χ1n) is 4.56. The Morgan fingerprint density at radius 3 is 2.20 bits per heavy atom. The van der Waals surface area contributed by atoms with Crippen LogP contribution in [0.15, 0.2) is 18.2 Å². The predicted octanol–water partition coefficient (Wildman–Crippen LogP) is 2.87. The zero-order valence-corrected chi connectivity index (χ0v) is 9.72. The second kappa shape index (κ2) is 3.91. The van der Waals surface area contributed by atoms with Crippen molar-refractivity contribution in [2.75, 3.05) is 25.0 Å². The van der Waals surface area contributed by atoms with E-state index in [9.17, 15) is 4.79 Å². The van der Waals surface area contributed by atoms with Crippen molar-refractivity contribution in [2.24, 2.45) is 0 Å². The molecule has 0 aliphatic carbocycles. The van der Waals surface area contributed by atoms with E-state index in [0.29, 0.717) is 16.6 Å². The normalized spacial score (nSPS) is 16.3. The Morgan fingerprint density at radius 1 is 1.13 bits per heavy atom. The minimum atomic E-state index is -0.0201. The van der Waals surface area contributed by atoms with Crippen LogP contribution in [-0.2, 0) is 0 Å². The molecule has 1 heterocycles. The van der Waals surface area contributed by atoms with E-state index in [2.05, 4.69) is 0 Å². The molecule has 1 fully saturated rings. The standard InChI is InChI=1S/C10H10Cl2N2O/c1-13-2-3-14(10(13)15)9-5-7(11)4-8(12)6-9/h4-6H,2-3H2,1H3. The van der Waals surface area contributed by atoms with E-state index in [0.717, 1.165) is 12.2 Å². The number of nitrogens with zero attached hydrogens (tertiary/aromatic N) is 2. The van der Waals surface area contributed by atoms with Gasteiger partial charge in [-0.3, -0.25) is 4.90 Å². The van der Waals surface area contributed by atoms with Gasteiger partial charge >= 0.3 is 6.03 Å². The number of carbonyl (C=O) groups excluding carboxylic acids is 1. The van der Waals surface area contributed by atoms with E-state index in [-0.39, 0.29) is 6.03 Å². The number of urea groups is 1. The molecule has 2 rings (SSSR count). The molecule has 0 N–H and O–H groups in total. The van der Waals surface area contributed by atoms with Gasteiger partial charge in [0.15, 0.2) is 0 Å². The number of carbonyl (C=O) groups is 1. The summed E-state index contributed by atoms with van der Waals surface area (Å²) in [5.74, 6) is 0. The van der Waals surface area contributed by atoms with Crippen LogP contribution >= 0.6 is 23.2 Å². The van der Waals surface area contributed by atoms with Crippen molar-refractivity contribution in [1.82, 2.24) is 4.90 Å². The summed E-state index contributed by atoms with van der Waals surface area (Å²) in [6.45, 7) is 1.40. The molecular weight excluding hydrogens is 235 g/mol. The number of benzene rings is 1. The van der Waals surface area contributed by atoms with Gasteiger partial charge in [-0.2, -0.15) is 0 Å². The molecule has 1 saturated heterocycles. The lowest BCUT2D eigenvalue weighted by Gasteiger charge is -2.16. The van der Waals surface area contributed by atoms with Crippen LogP contribution in [0.25, 0.3) is 0 Å². The van der Waals surface area contributed by atoms with Crippen molar-refractivity contribution in [1.29, 1.82) is 0 Å². The Kier molecular flexibility index (Phi) is 2.76. The summed E-state index contributed by atoms with van der Waals surface area (Å²) in [6, 6.07) is 5.11. The summed E-state index contributed by atoms with van der Waals surface area (Å²) in [4.78, 5) is 15.0. The number of likely N-dealkylation sites (N-methyl/N-ethyl adjacent to an activating group) is 1. The lowest BCUT2D eigenvalue weighted by Crippen LogP contribution is -2.29. The summed E-state index contributed by atoms with van der Waals surface area (Å²) in [7, 11) is 1.77. The lowest BCUT2D eigenvalue weighted by atomic mass is 10.3. The van der Waals surface area contributed by atoms with Gasteiger partial charge in [-0.25, -0.2) is 4.79 Å². The third-order valence-electron chi connectivity index (χ3n) is 2.38. The second-order valence-electron chi connectivity index (χ2n) is 3.48. The Balaban J connectivity index is 2.34. The highest BCUT2D eigenvalue weighted by Crippen LogP contribution is 2.27. The monoisotopic (exact) mass is 244 g/mol. The van der Waals surface area contributed by atoms with E-state index in [1.807, 2.05) is 0 Å². The Morgan fingerprint density at radius 2 is 1.73 bits per heavy atom. The lowest BCUT2D eigenvalue weighted by molar-refractivity contribution is 0.229. The first kappa shape index (κ1) is 10.6. The van der Waals surface area contributed by atoms with E-state index in [4.69, 9.17) is 23.2 Å². The van der Waals surface area contributed by atoms with Crippen LogP contribution in [0.4, 0.5) is 10.5 Å². The van der Waals surface area contributed by atoms with E-state index in [1.165, 1.54) is 0 Å². The van der Waals surface area contributed by atoms with Gasteiger partial charge in [-0.1, -0.05) is 23.2 Å². The highest BCUT2D eigenvalue weighted by molar-refractivity contribution is 6.35. The smallest absolute Gasteiger partial charge is 0.324 e. The average molecular weight is 245 g/mol. The maximum atomic E-state index is 11.7. The molecule has 2 amide bonds. The van der Waals surface area contributed by atoms with Crippen LogP contribution in [0.1, 0.15) is 0 Å². The molecule has 3 nitrogen and oxygen atoms in total. The van der Waals surface area contributed by atoms with Crippen LogP contribution < -0.4 is 4.90 Å². The highest BCUT2D eigenvalue weighted by atomic mass is 35.5. The number of amides is 2. The zero-order chi connectivity index (χ0) is 11.0. The molecule has 1 aromatic carbocycles. The van der Waals surface area contributed by atoms with Crippen molar-refractivity contribution >= 4 is 34.9 Å². The van der Waals surface area contributed by atoms with E-state index >= 15 is 0 Å². The van der Waals surface area contributed by atoms with Gasteiger partial charge in [-0.15, -0.1) is 0 Å². The fourth-order valence-corrected chi connectivity index (χ4v) is 2.10. The quantitative estimate of drug-likeness (QED) is 0.746. The summed E-state index contributed by atoms with van der Waals surface area (Å²) in [6.07, 6.45) is 0. The van der Waals surface area contributed by atoms with Gasteiger partial charge in [0.25, 0.3) is 0 Å². The van der Waals surface area contributed by atoms with Crippen LogP contribution in [0, 0.1) is 0 Å². The van der Waals surface area contributed by atoms with Crippen LogP contribution in [0.2, 0.25) is 10.0 Å². The molecule has 0 radical (unpaired) electrons. The molecule has 0 aromatic heterocycles. The summed E-state index contributed by atoms with van der Waals surface area (Å²) in [5, 5.41) is 1.08. The van der Waals surface area contributed by atoms with Crippen LogP contribution in [-0.4, -0.2) is 31.1 Å². The molecule has 1 aromatic rings. The zero-order valence-electron chi connectivity index (χ0n) is 8.20. The van der Waals surface area contributed by atoms with Crippen molar-refractivity contribution < 1.29 is 4.79 Å². The second-order valence-corrected chi connectivity index (χ2v) is 4.36. The number of hydrogen-bond acceptors (Lipinski definition) is 1. The Hall–Kier alpha value is -0.930. The minimum absolute atomic E-state index is 0.0201. The van der Waals surface area contributed by atoms with Gasteiger partial charge in [0.1, 0.15) is 0 Å². The maximum absolute atomic E-state index is 11.7. The highest BCUT2D eigenvalue weighted by Gasteiger charge is 2.26. The van der Waals surface area contributed by atoms with Gasteiger partial charge in [0, 0.05) is 35.9 Å². The van der Waals surface area contributed by atoms with Gasteiger partial charge in [0.2, 0.25) is 0 Å². The molecule has 15 heavy (non-hydrogen) atoms. The van der Waals surface area contributed by atoms with Crippen LogP contribution in [0.3, 0.4) is 0 Å². The van der Waals surface area contributed by atoms with Crippen LogP contribution in [0.5, 0.6) is 0 Å². The van der Waals surface area contributed by atoms with E-state index in [1.54, 1.807) is 35.0 Å². The van der Waals surface area contributed by atoms with Gasteiger partial charge in [0.05, 0.1) is 0 Å². The fourth-order valence-electron chi connectivity index (χ4n) is 1.58. The molecular formula is C10H10Cl2N2O. The largest absolute Gasteiger partial charge is 0.326 e. The van der Waals surface area contributed by atoms with E-state index < -0.39 is 0 Å².